The molecule has 0 aliphatic heterocycles. The molecule has 10 nitrogen and oxygen atoms in total. The zero-order valence-corrected chi connectivity index (χ0v) is 14.8. The van der Waals surface area contributed by atoms with E-state index < -0.39 is 24.0 Å². The summed E-state index contributed by atoms with van der Waals surface area (Å²) in [5.74, 6) is 0.394. The first-order chi connectivity index (χ1) is 12.3. The smallest absolute Gasteiger partial charge is 0.273 e. The fraction of sp³-hybridized carbons (Fsp3) is 0.562. The lowest BCUT2D eigenvalue weighted by Gasteiger charge is -2.19. The average Bonchev–Trinajstić information content (AvgIpc) is 3.28. The topological polar surface area (TPSA) is 135 Å². The molecule has 0 aromatic carbocycles. The molecule has 0 spiro atoms. The fourth-order valence-electron chi connectivity index (χ4n) is 3.08. The number of aryl methyl sites for hydroxylation is 2. The SMILES string of the molecule is Cc1noc(CN(C)C(=O)[C@H]2C[C@H](NC(=O)c3cc(C)on3)[C@@H](O)C2)n1. The maximum Gasteiger partial charge on any atom is 0.273 e. The van der Waals surface area contributed by atoms with Crippen LogP contribution in [0.4, 0.5) is 0 Å². The van der Waals surface area contributed by atoms with Gasteiger partial charge in [-0.2, -0.15) is 4.98 Å². The van der Waals surface area contributed by atoms with E-state index in [1.807, 2.05) is 0 Å². The molecule has 1 aliphatic carbocycles. The number of hydrogen-bond donors (Lipinski definition) is 2. The Labute approximate surface area is 149 Å². The zero-order chi connectivity index (χ0) is 18.8. The summed E-state index contributed by atoms with van der Waals surface area (Å²) in [6.45, 7) is 3.58. The van der Waals surface area contributed by atoms with E-state index in [0.717, 1.165) is 0 Å². The second kappa shape index (κ2) is 7.24. The fourth-order valence-corrected chi connectivity index (χ4v) is 3.08. The van der Waals surface area contributed by atoms with Gasteiger partial charge in [-0.1, -0.05) is 10.3 Å². The largest absolute Gasteiger partial charge is 0.391 e. The summed E-state index contributed by atoms with van der Waals surface area (Å²) in [4.78, 5) is 30.3. The molecule has 3 rings (SSSR count). The van der Waals surface area contributed by atoms with Gasteiger partial charge in [-0.25, -0.2) is 0 Å². The highest BCUT2D eigenvalue weighted by Crippen LogP contribution is 2.28. The molecular weight excluding hydrogens is 342 g/mol. The Balaban J connectivity index is 1.57. The lowest BCUT2D eigenvalue weighted by molar-refractivity contribution is -0.135. The van der Waals surface area contributed by atoms with Crippen LogP contribution in [0, 0.1) is 19.8 Å². The third kappa shape index (κ3) is 3.90. The van der Waals surface area contributed by atoms with Crippen molar-refractivity contribution in [2.75, 3.05) is 7.05 Å². The van der Waals surface area contributed by atoms with Crippen LogP contribution < -0.4 is 5.32 Å². The molecule has 1 saturated carbocycles. The normalized spacial score (nSPS) is 22.4. The zero-order valence-electron chi connectivity index (χ0n) is 14.8. The van der Waals surface area contributed by atoms with E-state index in [-0.39, 0.29) is 24.6 Å². The van der Waals surface area contributed by atoms with Gasteiger partial charge in [0.1, 0.15) is 5.76 Å². The minimum atomic E-state index is -0.806. The second-order valence-electron chi connectivity index (χ2n) is 6.57. The van der Waals surface area contributed by atoms with Crippen LogP contribution in [0.15, 0.2) is 15.1 Å². The molecule has 0 saturated heterocycles. The van der Waals surface area contributed by atoms with Crippen molar-refractivity contribution in [1.82, 2.24) is 25.5 Å². The van der Waals surface area contributed by atoms with Crippen LogP contribution in [0.2, 0.25) is 0 Å². The van der Waals surface area contributed by atoms with E-state index >= 15 is 0 Å². The van der Waals surface area contributed by atoms with Crippen molar-refractivity contribution in [3.05, 3.63) is 29.2 Å². The number of nitrogens with one attached hydrogen (secondary N) is 1. The first-order valence-electron chi connectivity index (χ1n) is 8.30. The van der Waals surface area contributed by atoms with Crippen LogP contribution in [0.5, 0.6) is 0 Å². The van der Waals surface area contributed by atoms with Gasteiger partial charge in [-0.05, 0) is 26.7 Å². The van der Waals surface area contributed by atoms with E-state index in [1.165, 1.54) is 11.0 Å². The van der Waals surface area contributed by atoms with E-state index in [2.05, 4.69) is 20.6 Å². The van der Waals surface area contributed by atoms with Gasteiger partial charge in [0.25, 0.3) is 5.91 Å². The third-order valence-electron chi connectivity index (χ3n) is 4.37. The molecule has 1 fully saturated rings. The van der Waals surface area contributed by atoms with Crippen molar-refractivity contribution < 1.29 is 23.7 Å². The molecule has 2 N–H and O–H groups in total. The number of carbonyl (C=O) groups excluding carboxylic acids is 2. The first kappa shape index (κ1) is 18.1. The Morgan fingerprint density at radius 3 is 2.69 bits per heavy atom. The summed E-state index contributed by atoms with van der Waals surface area (Å²) in [5.41, 5.74) is 0.147. The van der Waals surface area contributed by atoms with Crippen LogP contribution in [0.1, 0.15) is 40.8 Å². The summed E-state index contributed by atoms with van der Waals surface area (Å²) in [5, 5.41) is 20.3. The molecule has 26 heavy (non-hydrogen) atoms. The lowest BCUT2D eigenvalue weighted by Crippen LogP contribution is -2.40. The quantitative estimate of drug-likeness (QED) is 0.769. The highest BCUT2D eigenvalue weighted by Gasteiger charge is 2.39. The summed E-state index contributed by atoms with van der Waals surface area (Å²) in [6, 6.07) is 0.993. The number of carbonyl (C=O) groups is 2. The lowest BCUT2D eigenvalue weighted by atomic mass is 10.1. The van der Waals surface area contributed by atoms with Crippen molar-refractivity contribution in [3.63, 3.8) is 0 Å². The van der Waals surface area contributed by atoms with E-state index in [9.17, 15) is 14.7 Å². The second-order valence-corrected chi connectivity index (χ2v) is 6.57. The van der Waals surface area contributed by atoms with Crippen molar-refractivity contribution >= 4 is 11.8 Å². The predicted octanol–water partition coefficient (Wildman–Crippen LogP) is 0.202. The van der Waals surface area contributed by atoms with Gasteiger partial charge in [0.15, 0.2) is 11.5 Å². The Kier molecular flexibility index (Phi) is 5.03. The molecule has 2 aromatic rings. The van der Waals surface area contributed by atoms with Gasteiger partial charge in [0.2, 0.25) is 11.8 Å². The molecule has 140 valence electrons. The molecule has 1 aliphatic rings. The average molecular weight is 363 g/mol. The standard InChI is InChI=1S/C16H21N5O5/c1-8-4-12(20-25-8)15(23)18-11-5-10(6-13(11)22)16(24)21(3)7-14-17-9(2)19-26-14/h4,10-11,13,22H,5-7H2,1-3H3,(H,18,23)/t10-,11-,13-/m0/s1. The van der Waals surface area contributed by atoms with Crippen LogP contribution in [-0.4, -0.2) is 56.3 Å². The Bertz CT molecular complexity index is 801. The van der Waals surface area contributed by atoms with E-state index in [0.29, 0.717) is 23.9 Å². The molecule has 2 amide bonds. The third-order valence-corrected chi connectivity index (χ3v) is 4.37. The Morgan fingerprint density at radius 2 is 2.08 bits per heavy atom. The van der Waals surface area contributed by atoms with Crippen molar-refractivity contribution in [1.29, 1.82) is 0 Å². The number of amides is 2. The molecule has 3 atom stereocenters. The Morgan fingerprint density at radius 1 is 1.31 bits per heavy atom. The number of aliphatic hydroxyl groups is 1. The molecule has 0 bridgehead atoms. The highest BCUT2D eigenvalue weighted by molar-refractivity contribution is 5.92. The molecule has 2 heterocycles. The minimum absolute atomic E-state index is 0.145. The van der Waals surface area contributed by atoms with Gasteiger partial charge in [0.05, 0.1) is 18.7 Å². The van der Waals surface area contributed by atoms with Crippen LogP contribution in [0.3, 0.4) is 0 Å². The van der Waals surface area contributed by atoms with Gasteiger partial charge in [-0.3, -0.25) is 9.59 Å². The highest BCUT2D eigenvalue weighted by atomic mass is 16.5. The summed E-state index contributed by atoms with van der Waals surface area (Å²) >= 11 is 0. The number of aliphatic hydroxyl groups excluding tert-OH is 1. The van der Waals surface area contributed by atoms with Crippen molar-refractivity contribution in [3.8, 4) is 0 Å². The van der Waals surface area contributed by atoms with Crippen LogP contribution in [0.25, 0.3) is 0 Å². The number of nitrogens with zero attached hydrogens (tertiary/aromatic N) is 4. The van der Waals surface area contributed by atoms with Gasteiger partial charge >= 0.3 is 0 Å². The predicted molar refractivity (Wildman–Crippen MR) is 86.7 cm³/mol. The summed E-state index contributed by atoms with van der Waals surface area (Å²) < 4.78 is 9.89. The Hall–Kier alpha value is -2.75. The maximum absolute atomic E-state index is 12.6. The minimum Gasteiger partial charge on any atom is -0.391 e. The van der Waals surface area contributed by atoms with Gasteiger partial charge in [0, 0.05) is 19.0 Å². The monoisotopic (exact) mass is 363 g/mol. The molecule has 10 heteroatoms. The summed E-state index contributed by atoms with van der Waals surface area (Å²) in [7, 11) is 1.64. The van der Waals surface area contributed by atoms with Gasteiger partial charge < -0.3 is 24.4 Å². The van der Waals surface area contributed by atoms with E-state index in [4.69, 9.17) is 9.05 Å². The molecule has 2 aromatic heterocycles. The van der Waals surface area contributed by atoms with Gasteiger partial charge in [-0.15, -0.1) is 0 Å². The van der Waals surface area contributed by atoms with Crippen LogP contribution >= 0.6 is 0 Å². The number of aromatic nitrogens is 3. The number of rotatable bonds is 5. The maximum atomic E-state index is 12.6. The molecule has 0 radical (unpaired) electrons. The van der Waals surface area contributed by atoms with Crippen molar-refractivity contribution in [2.45, 2.75) is 45.4 Å². The first-order valence-corrected chi connectivity index (χ1v) is 8.30. The van der Waals surface area contributed by atoms with Crippen molar-refractivity contribution in [2.24, 2.45) is 5.92 Å². The molecule has 0 unspecified atom stereocenters. The van der Waals surface area contributed by atoms with E-state index in [1.54, 1.807) is 20.9 Å². The summed E-state index contributed by atoms with van der Waals surface area (Å²) in [6.07, 6.45) is -0.190. The molecular formula is C16H21N5O5. The van der Waals surface area contributed by atoms with Crippen LogP contribution in [-0.2, 0) is 11.3 Å². The number of hydrogen-bond acceptors (Lipinski definition) is 8.